The second-order valence-electron chi connectivity index (χ2n) is 5.80. The van der Waals surface area contributed by atoms with Crippen LogP contribution in [0.3, 0.4) is 0 Å². The predicted molar refractivity (Wildman–Crippen MR) is 82.7 cm³/mol. The fraction of sp³-hybridized carbons (Fsp3) is 0.625. The normalized spacial score (nSPS) is 23.8. The summed E-state index contributed by atoms with van der Waals surface area (Å²) in [6.45, 7) is 9.30. The summed E-state index contributed by atoms with van der Waals surface area (Å²) in [5, 5.41) is 3.54. The molecule has 1 aliphatic rings. The topological polar surface area (TPSA) is 18.5 Å². The standard InChI is InChI=1S/C16H27N3/c1-14(12-17-16-8-5-4-6-9-16)19-11-7-10-18(3)13-15(19)2/h4-6,8-9,14-15,17H,7,10-13H2,1-3H3. The van der Waals surface area contributed by atoms with E-state index in [4.69, 9.17) is 0 Å². The number of anilines is 1. The number of para-hydroxylation sites is 1. The van der Waals surface area contributed by atoms with Crippen LogP contribution in [-0.4, -0.2) is 55.1 Å². The van der Waals surface area contributed by atoms with Crippen LogP contribution >= 0.6 is 0 Å². The van der Waals surface area contributed by atoms with Crippen molar-refractivity contribution >= 4 is 5.69 Å². The van der Waals surface area contributed by atoms with E-state index in [-0.39, 0.29) is 0 Å². The van der Waals surface area contributed by atoms with Crippen LogP contribution in [0.25, 0.3) is 0 Å². The number of hydrogen-bond acceptors (Lipinski definition) is 3. The molecule has 2 unspecified atom stereocenters. The number of benzene rings is 1. The lowest BCUT2D eigenvalue weighted by Crippen LogP contribution is -2.46. The van der Waals surface area contributed by atoms with E-state index in [9.17, 15) is 0 Å². The first-order valence-electron chi connectivity index (χ1n) is 7.40. The van der Waals surface area contributed by atoms with Crippen molar-refractivity contribution in [2.75, 3.05) is 38.5 Å². The molecule has 0 radical (unpaired) electrons. The lowest BCUT2D eigenvalue weighted by Gasteiger charge is -2.33. The van der Waals surface area contributed by atoms with Crippen LogP contribution in [0.2, 0.25) is 0 Å². The van der Waals surface area contributed by atoms with Crippen LogP contribution in [-0.2, 0) is 0 Å². The Morgan fingerprint density at radius 1 is 1.26 bits per heavy atom. The van der Waals surface area contributed by atoms with Crippen molar-refractivity contribution in [1.82, 2.24) is 9.80 Å². The summed E-state index contributed by atoms with van der Waals surface area (Å²) in [5.74, 6) is 0. The highest BCUT2D eigenvalue weighted by Crippen LogP contribution is 2.13. The van der Waals surface area contributed by atoms with Gasteiger partial charge in [-0.25, -0.2) is 0 Å². The highest BCUT2D eigenvalue weighted by atomic mass is 15.3. The monoisotopic (exact) mass is 261 g/mol. The zero-order valence-electron chi connectivity index (χ0n) is 12.5. The van der Waals surface area contributed by atoms with Gasteiger partial charge in [0.1, 0.15) is 0 Å². The number of nitrogens with zero attached hydrogens (tertiary/aromatic N) is 2. The fourth-order valence-electron chi connectivity index (χ4n) is 2.98. The van der Waals surface area contributed by atoms with Crippen LogP contribution < -0.4 is 5.32 Å². The van der Waals surface area contributed by atoms with E-state index < -0.39 is 0 Å². The maximum absolute atomic E-state index is 3.54. The molecule has 0 saturated carbocycles. The smallest absolute Gasteiger partial charge is 0.0340 e. The van der Waals surface area contributed by atoms with Gasteiger partial charge in [-0.1, -0.05) is 18.2 Å². The number of nitrogens with one attached hydrogen (secondary N) is 1. The molecule has 3 nitrogen and oxygen atoms in total. The van der Waals surface area contributed by atoms with Gasteiger partial charge < -0.3 is 10.2 Å². The van der Waals surface area contributed by atoms with E-state index in [1.54, 1.807) is 0 Å². The summed E-state index contributed by atoms with van der Waals surface area (Å²) in [7, 11) is 2.23. The molecule has 0 amide bonds. The van der Waals surface area contributed by atoms with E-state index in [2.05, 4.69) is 66.3 Å². The summed E-state index contributed by atoms with van der Waals surface area (Å²) in [6.07, 6.45) is 1.27. The number of rotatable bonds is 4. The van der Waals surface area contributed by atoms with Crippen LogP contribution in [0, 0.1) is 0 Å². The molecule has 0 bridgehead atoms. The van der Waals surface area contributed by atoms with Gasteiger partial charge in [-0.2, -0.15) is 0 Å². The third-order valence-corrected chi connectivity index (χ3v) is 4.04. The Hall–Kier alpha value is -1.06. The van der Waals surface area contributed by atoms with Crippen LogP contribution in [0.4, 0.5) is 5.69 Å². The minimum Gasteiger partial charge on any atom is -0.383 e. The Labute approximate surface area is 117 Å². The predicted octanol–water partition coefficient (Wildman–Crippen LogP) is 2.51. The zero-order valence-corrected chi connectivity index (χ0v) is 12.5. The van der Waals surface area contributed by atoms with E-state index >= 15 is 0 Å². The van der Waals surface area contributed by atoms with Crippen molar-refractivity contribution in [2.45, 2.75) is 32.4 Å². The van der Waals surface area contributed by atoms with Crippen molar-refractivity contribution in [2.24, 2.45) is 0 Å². The van der Waals surface area contributed by atoms with Crippen LogP contribution in [0.15, 0.2) is 30.3 Å². The van der Waals surface area contributed by atoms with Gasteiger partial charge in [0.05, 0.1) is 0 Å². The molecule has 19 heavy (non-hydrogen) atoms. The van der Waals surface area contributed by atoms with Crippen LogP contribution in [0.1, 0.15) is 20.3 Å². The molecule has 1 fully saturated rings. The maximum atomic E-state index is 3.54. The molecule has 2 atom stereocenters. The second kappa shape index (κ2) is 6.92. The average Bonchev–Trinajstić information content (AvgIpc) is 2.58. The summed E-state index contributed by atoms with van der Waals surface area (Å²) in [4.78, 5) is 5.08. The Kier molecular flexibility index (Phi) is 5.23. The zero-order chi connectivity index (χ0) is 13.7. The minimum absolute atomic E-state index is 0.571. The summed E-state index contributed by atoms with van der Waals surface area (Å²) in [6, 6.07) is 11.7. The van der Waals surface area contributed by atoms with Crippen molar-refractivity contribution in [3.63, 3.8) is 0 Å². The van der Waals surface area contributed by atoms with Crippen molar-refractivity contribution in [3.05, 3.63) is 30.3 Å². The third kappa shape index (κ3) is 4.22. The Morgan fingerprint density at radius 3 is 2.74 bits per heavy atom. The maximum Gasteiger partial charge on any atom is 0.0340 e. The van der Waals surface area contributed by atoms with Gasteiger partial charge in [0, 0.05) is 37.4 Å². The van der Waals surface area contributed by atoms with Gasteiger partial charge in [0.2, 0.25) is 0 Å². The largest absolute Gasteiger partial charge is 0.383 e. The first-order valence-corrected chi connectivity index (χ1v) is 7.40. The van der Waals surface area contributed by atoms with Crippen LogP contribution in [0.5, 0.6) is 0 Å². The van der Waals surface area contributed by atoms with Crippen molar-refractivity contribution in [3.8, 4) is 0 Å². The molecule has 106 valence electrons. The molecule has 1 saturated heterocycles. The molecular weight excluding hydrogens is 234 g/mol. The van der Waals surface area contributed by atoms with Crippen molar-refractivity contribution < 1.29 is 0 Å². The summed E-state index contributed by atoms with van der Waals surface area (Å²) in [5.41, 5.74) is 1.22. The van der Waals surface area contributed by atoms with E-state index in [1.807, 2.05) is 0 Å². The molecule has 1 aromatic carbocycles. The molecule has 0 aliphatic carbocycles. The molecule has 1 heterocycles. The fourth-order valence-corrected chi connectivity index (χ4v) is 2.98. The Morgan fingerprint density at radius 2 is 2.00 bits per heavy atom. The van der Waals surface area contributed by atoms with Gasteiger partial charge in [0.25, 0.3) is 0 Å². The Balaban J connectivity index is 1.86. The second-order valence-corrected chi connectivity index (χ2v) is 5.80. The quantitative estimate of drug-likeness (QED) is 0.898. The molecule has 1 aliphatic heterocycles. The molecule has 1 aromatic rings. The van der Waals surface area contributed by atoms with Gasteiger partial charge in [-0.3, -0.25) is 4.90 Å². The van der Waals surface area contributed by atoms with E-state index in [0.29, 0.717) is 12.1 Å². The van der Waals surface area contributed by atoms with Gasteiger partial charge in [-0.05, 0) is 46.0 Å². The first kappa shape index (κ1) is 14.4. The summed E-state index contributed by atoms with van der Waals surface area (Å²) < 4.78 is 0. The third-order valence-electron chi connectivity index (χ3n) is 4.04. The molecule has 1 N–H and O–H groups in total. The Bertz CT molecular complexity index is 366. The lowest BCUT2D eigenvalue weighted by molar-refractivity contribution is 0.158. The number of hydrogen-bond donors (Lipinski definition) is 1. The highest BCUT2D eigenvalue weighted by Gasteiger charge is 2.23. The highest BCUT2D eigenvalue weighted by molar-refractivity contribution is 5.42. The van der Waals surface area contributed by atoms with E-state index in [0.717, 1.165) is 6.54 Å². The SMILES string of the molecule is CC(CNc1ccccc1)N1CCCN(C)CC1C. The molecule has 2 rings (SSSR count). The molecule has 3 heteroatoms. The van der Waals surface area contributed by atoms with Gasteiger partial charge in [-0.15, -0.1) is 0 Å². The molecular formula is C16H27N3. The number of likely N-dealkylation sites (N-methyl/N-ethyl adjacent to an activating group) is 1. The molecule has 0 spiro atoms. The average molecular weight is 261 g/mol. The minimum atomic E-state index is 0.571. The van der Waals surface area contributed by atoms with Gasteiger partial charge >= 0.3 is 0 Å². The first-order chi connectivity index (χ1) is 9.16. The molecule has 0 aromatic heterocycles. The van der Waals surface area contributed by atoms with E-state index in [1.165, 1.54) is 31.7 Å². The van der Waals surface area contributed by atoms with Crippen molar-refractivity contribution in [1.29, 1.82) is 0 Å². The lowest BCUT2D eigenvalue weighted by atomic mass is 10.2. The summed E-state index contributed by atoms with van der Waals surface area (Å²) >= 11 is 0. The van der Waals surface area contributed by atoms with Gasteiger partial charge in [0.15, 0.2) is 0 Å².